The van der Waals surface area contributed by atoms with E-state index < -0.39 is 6.10 Å². The number of halogens is 2. The number of ether oxygens (including phenoxy) is 1. The summed E-state index contributed by atoms with van der Waals surface area (Å²) in [4.78, 5) is 8.40. The molecule has 8 heteroatoms. The molecule has 118 valence electrons. The molecule has 21 heavy (non-hydrogen) atoms. The zero-order valence-electron chi connectivity index (χ0n) is 11.3. The number of aliphatic hydroxyl groups is 1. The Hall–Kier alpha value is -0.790. The quantitative estimate of drug-likeness (QED) is 0.716. The van der Waals surface area contributed by atoms with E-state index in [0.29, 0.717) is 18.6 Å². The van der Waals surface area contributed by atoms with Gasteiger partial charge in [-0.15, -0.1) is 36.2 Å². The van der Waals surface area contributed by atoms with Gasteiger partial charge in [0.1, 0.15) is 18.4 Å². The van der Waals surface area contributed by atoms with Gasteiger partial charge in [-0.05, 0) is 24.3 Å². The second-order valence-electron chi connectivity index (χ2n) is 4.72. The van der Waals surface area contributed by atoms with Crippen LogP contribution >= 0.6 is 36.2 Å². The van der Waals surface area contributed by atoms with E-state index in [4.69, 9.17) is 4.74 Å². The molecule has 3 rings (SSSR count). The van der Waals surface area contributed by atoms with E-state index in [-0.39, 0.29) is 31.4 Å². The first-order valence-electron chi connectivity index (χ1n) is 6.45. The van der Waals surface area contributed by atoms with E-state index >= 15 is 0 Å². The van der Waals surface area contributed by atoms with Crippen LogP contribution in [-0.2, 0) is 0 Å². The van der Waals surface area contributed by atoms with E-state index in [2.05, 4.69) is 15.3 Å². The smallest absolute Gasteiger partial charge is 0.294 e. The minimum atomic E-state index is -0.504. The Bertz CT molecular complexity index is 517. The van der Waals surface area contributed by atoms with E-state index in [1.165, 1.54) is 12.8 Å². The third-order valence-electron chi connectivity index (χ3n) is 2.96. The molecule has 1 saturated carbocycles. The maximum Gasteiger partial charge on any atom is 0.294 e. The molecule has 0 saturated heterocycles. The molecule has 2 aromatic rings. The number of rotatable bonds is 7. The minimum absolute atomic E-state index is 0. The normalized spacial score (nSPS) is 14.9. The molecule has 0 aromatic carbocycles. The molecule has 2 aromatic heterocycles. The highest BCUT2D eigenvalue weighted by atomic mass is 35.5. The van der Waals surface area contributed by atoms with Crippen molar-refractivity contribution in [3.8, 4) is 16.6 Å². The van der Waals surface area contributed by atoms with Gasteiger partial charge in [0.25, 0.3) is 6.01 Å². The van der Waals surface area contributed by atoms with Crippen molar-refractivity contribution in [1.82, 2.24) is 15.3 Å². The van der Waals surface area contributed by atoms with Crippen LogP contribution in [0.25, 0.3) is 10.6 Å². The Morgan fingerprint density at radius 2 is 2.29 bits per heavy atom. The van der Waals surface area contributed by atoms with Crippen LogP contribution in [0, 0.1) is 0 Å². The third-order valence-corrected chi connectivity index (χ3v) is 3.85. The molecule has 1 unspecified atom stereocenters. The highest BCUT2D eigenvalue weighted by Gasteiger charge is 2.21. The number of hydrogen-bond acceptors (Lipinski definition) is 5. The van der Waals surface area contributed by atoms with E-state index in [1.54, 1.807) is 11.3 Å². The molecule has 0 aliphatic heterocycles. The average molecular weight is 352 g/mol. The van der Waals surface area contributed by atoms with Crippen molar-refractivity contribution in [2.24, 2.45) is 0 Å². The van der Waals surface area contributed by atoms with Gasteiger partial charge >= 0.3 is 0 Å². The van der Waals surface area contributed by atoms with Crippen LogP contribution in [0.2, 0.25) is 0 Å². The van der Waals surface area contributed by atoms with Crippen LogP contribution < -0.4 is 10.1 Å². The zero-order chi connectivity index (χ0) is 13.1. The summed E-state index contributed by atoms with van der Waals surface area (Å²) >= 11 is 1.63. The molecule has 1 atom stereocenters. The van der Waals surface area contributed by atoms with Crippen molar-refractivity contribution < 1.29 is 9.84 Å². The molecule has 0 spiro atoms. The summed E-state index contributed by atoms with van der Waals surface area (Å²) in [5.41, 5.74) is 0.871. The van der Waals surface area contributed by atoms with Crippen LogP contribution in [0.15, 0.2) is 23.7 Å². The Morgan fingerprint density at radius 3 is 2.95 bits per heavy atom. The number of imidazole rings is 1. The first kappa shape index (κ1) is 18.3. The standard InChI is InChI=1S/C13H17N3O2S.2ClH/c17-10(6-14-9-3-4-9)8-18-13-15-7-11(16-13)12-2-1-5-19-12;;/h1-2,5,7,9-10,14,17H,3-4,6,8H2,(H,15,16);2*1H. The molecule has 0 bridgehead atoms. The van der Waals surface area contributed by atoms with Gasteiger partial charge in [0.05, 0.1) is 4.88 Å². The number of H-pyrrole nitrogens is 1. The predicted octanol–water partition coefficient (Wildman–Crippen LogP) is 2.47. The predicted molar refractivity (Wildman–Crippen MR) is 88.9 cm³/mol. The fourth-order valence-electron chi connectivity index (χ4n) is 1.75. The lowest BCUT2D eigenvalue weighted by Gasteiger charge is -2.11. The van der Waals surface area contributed by atoms with Crippen LogP contribution in [-0.4, -0.2) is 40.4 Å². The van der Waals surface area contributed by atoms with Gasteiger partial charge in [0, 0.05) is 18.8 Å². The van der Waals surface area contributed by atoms with Crippen molar-refractivity contribution in [3.63, 3.8) is 0 Å². The highest BCUT2D eigenvalue weighted by molar-refractivity contribution is 7.13. The second kappa shape index (κ2) is 8.60. The van der Waals surface area contributed by atoms with E-state index in [0.717, 1.165) is 10.6 Å². The molecule has 1 aliphatic rings. The van der Waals surface area contributed by atoms with Crippen LogP contribution in [0.4, 0.5) is 0 Å². The van der Waals surface area contributed by atoms with Crippen LogP contribution in [0.1, 0.15) is 12.8 Å². The summed E-state index contributed by atoms with van der Waals surface area (Å²) in [5.74, 6) is 0. The number of aromatic amines is 1. The van der Waals surface area contributed by atoms with Crippen LogP contribution in [0.3, 0.4) is 0 Å². The SMILES string of the molecule is Cl.Cl.OC(CNC1CC1)COc1nc(-c2cccs2)c[nH]1. The van der Waals surface area contributed by atoms with Gasteiger partial charge in [-0.25, -0.2) is 0 Å². The van der Waals surface area contributed by atoms with E-state index in [1.807, 2.05) is 23.7 Å². The van der Waals surface area contributed by atoms with Gasteiger partial charge < -0.3 is 20.1 Å². The fraction of sp³-hybridized carbons (Fsp3) is 0.462. The Kier molecular flexibility index (Phi) is 7.48. The van der Waals surface area contributed by atoms with Gasteiger partial charge in [-0.2, -0.15) is 4.98 Å². The van der Waals surface area contributed by atoms with Crippen molar-refractivity contribution in [1.29, 1.82) is 0 Å². The average Bonchev–Trinajstić information content (AvgIpc) is 2.92. The van der Waals surface area contributed by atoms with Gasteiger partial charge in [0.15, 0.2) is 0 Å². The van der Waals surface area contributed by atoms with Gasteiger partial charge in [-0.1, -0.05) is 6.07 Å². The number of nitrogens with zero attached hydrogens (tertiary/aromatic N) is 1. The first-order chi connectivity index (χ1) is 9.31. The molecule has 1 aliphatic carbocycles. The van der Waals surface area contributed by atoms with Crippen LogP contribution in [0.5, 0.6) is 6.01 Å². The largest absolute Gasteiger partial charge is 0.462 e. The Labute approximate surface area is 140 Å². The number of hydrogen-bond donors (Lipinski definition) is 3. The lowest BCUT2D eigenvalue weighted by molar-refractivity contribution is 0.101. The monoisotopic (exact) mass is 351 g/mol. The second-order valence-corrected chi connectivity index (χ2v) is 5.66. The molecule has 2 heterocycles. The van der Waals surface area contributed by atoms with Gasteiger partial charge in [-0.3, -0.25) is 0 Å². The summed E-state index contributed by atoms with van der Waals surface area (Å²) in [6.45, 7) is 0.820. The summed E-state index contributed by atoms with van der Waals surface area (Å²) in [7, 11) is 0. The number of aliphatic hydroxyl groups excluding tert-OH is 1. The highest BCUT2D eigenvalue weighted by Crippen LogP contribution is 2.24. The maximum atomic E-state index is 9.75. The lowest BCUT2D eigenvalue weighted by atomic mass is 10.4. The maximum absolute atomic E-state index is 9.75. The topological polar surface area (TPSA) is 70.2 Å². The van der Waals surface area contributed by atoms with Crippen molar-refractivity contribution >= 4 is 36.2 Å². The number of nitrogens with one attached hydrogen (secondary N) is 2. The Morgan fingerprint density at radius 1 is 1.48 bits per heavy atom. The molecular formula is C13H19Cl2N3O2S. The fourth-order valence-corrected chi connectivity index (χ4v) is 2.44. The lowest BCUT2D eigenvalue weighted by Crippen LogP contribution is -2.32. The number of thiophene rings is 1. The summed E-state index contributed by atoms with van der Waals surface area (Å²) < 4.78 is 5.45. The minimum Gasteiger partial charge on any atom is -0.462 e. The molecule has 5 nitrogen and oxygen atoms in total. The number of aromatic nitrogens is 2. The summed E-state index contributed by atoms with van der Waals surface area (Å²) in [6, 6.07) is 5.05. The molecule has 3 N–H and O–H groups in total. The molecule has 0 radical (unpaired) electrons. The van der Waals surface area contributed by atoms with Crippen molar-refractivity contribution in [2.45, 2.75) is 25.0 Å². The first-order valence-corrected chi connectivity index (χ1v) is 7.33. The van der Waals surface area contributed by atoms with E-state index in [9.17, 15) is 5.11 Å². The zero-order valence-corrected chi connectivity index (χ0v) is 13.8. The van der Waals surface area contributed by atoms with Crippen molar-refractivity contribution in [3.05, 3.63) is 23.7 Å². The summed E-state index contributed by atoms with van der Waals surface area (Å²) in [6.07, 6.45) is 3.75. The molecular weight excluding hydrogens is 333 g/mol. The molecule has 0 amide bonds. The van der Waals surface area contributed by atoms with Crippen molar-refractivity contribution in [2.75, 3.05) is 13.2 Å². The summed E-state index contributed by atoms with van der Waals surface area (Å²) in [5, 5.41) is 15.0. The molecule has 1 fully saturated rings. The van der Waals surface area contributed by atoms with Gasteiger partial charge in [0.2, 0.25) is 0 Å². The third kappa shape index (κ3) is 5.48. The Balaban J connectivity index is 0.00000110.